The van der Waals surface area contributed by atoms with E-state index >= 15 is 0 Å². The molecular formula is C47H61N9O5. The molecule has 5 aromatic rings. The van der Waals surface area contributed by atoms with Crippen LogP contribution in [0.15, 0.2) is 73.2 Å². The van der Waals surface area contributed by atoms with Crippen molar-refractivity contribution in [1.82, 2.24) is 46.2 Å². The van der Waals surface area contributed by atoms with Crippen molar-refractivity contribution in [3.8, 4) is 0 Å². The van der Waals surface area contributed by atoms with Crippen LogP contribution in [0.1, 0.15) is 131 Å². The second-order valence-corrected chi connectivity index (χ2v) is 17.8. The standard InChI is InChI=1S/C47H61N9O5/c1-47(2,3)61-46(60)56-40(25-35-29-50-42(53-35)32-19-11-6-12-20-32)45(59)54-38(23-33-27-48-37-22-14-13-21-36(33)37)44(58)55-39(43(57)51-26-30-15-7-4-8-16-30)24-34-28-49-41(52-34)31-17-9-5-10-18-31/h4,7-8,13-16,21-22,27-29,31-32,38-40,48H,5-6,9-12,17-20,23-26H2,1-3H3,(H,49,52)(H,50,53)(H,51,57)(H,54,59)(H,55,58)(H,56,60)/t38-,39-,40-/m0/s1. The van der Waals surface area contributed by atoms with E-state index in [9.17, 15) is 19.2 Å². The van der Waals surface area contributed by atoms with Crippen LogP contribution >= 0.6 is 0 Å². The van der Waals surface area contributed by atoms with Gasteiger partial charge in [0, 0.05) is 78.5 Å². The van der Waals surface area contributed by atoms with Gasteiger partial charge in [-0.3, -0.25) is 14.4 Å². The van der Waals surface area contributed by atoms with Gasteiger partial charge in [0.25, 0.3) is 0 Å². The molecule has 0 unspecified atom stereocenters. The number of imidazole rings is 2. The van der Waals surface area contributed by atoms with E-state index in [2.05, 4.69) is 41.2 Å². The number of hydrogen-bond acceptors (Lipinski definition) is 7. The number of benzene rings is 2. The predicted molar refractivity (Wildman–Crippen MR) is 234 cm³/mol. The highest BCUT2D eigenvalue weighted by Gasteiger charge is 2.33. The lowest BCUT2D eigenvalue weighted by molar-refractivity contribution is -0.132. The predicted octanol–water partition coefficient (Wildman–Crippen LogP) is 6.92. The number of nitrogens with zero attached hydrogens (tertiary/aromatic N) is 2. The van der Waals surface area contributed by atoms with E-state index in [1.54, 1.807) is 33.2 Å². The summed E-state index contributed by atoms with van der Waals surface area (Å²) in [5, 5.41) is 12.6. The third-order valence-electron chi connectivity index (χ3n) is 11.8. The molecule has 2 saturated carbocycles. The first kappa shape index (κ1) is 43.2. The van der Waals surface area contributed by atoms with Gasteiger partial charge in [-0.05, 0) is 63.6 Å². The van der Waals surface area contributed by atoms with Gasteiger partial charge in [0.15, 0.2) is 0 Å². The van der Waals surface area contributed by atoms with Gasteiger partial charge in [-0.25, -0.2) is 14.8 Å². The zero-order chi connectivity index (χ0) is 42.8. The average molecular weight is 832 g/mol. The van der Waals surface area contributed by atoms with Crippen molar-refractivity contribution in [2.75, 3.05) is 0 Å². The number of para-hydroxylation sites is 1. The topological polar surface area (TPSA) is 199 Å². The number of aromatic amines is 3. The third-order valence-corrected chi connectivity index (χ3v) is 11.8. The molecule has 0 spiro atoms. The quantitative estimate of drug-likeness (QED) is 0.0560. The molecule has 4 amide bonds. The zero-order valence-electron chi connectivity index (χ0n) is 35.7. The molecule has 3 aromatic heterocycles. The summed E-state index contributed by atoms with van der Waals surface area (Å²) in [6.45, 7) is 5.52. The van der Waals surface area contributed by atoms with Crippen LogP contribution < -0.4 is 21.3 Å². The Kier molecular flexibility index (Phi) is 14.2. The Morgan fingerprint density at radius 3 is 1.77 bits per heavy atom. The number of rotatable bonds is 16. The Labute approximate surface area is 357 Å². The van der Waals surface area contributed by atoms with Crippen molar-refractivity contribution >= 4 is 34.7 Å². The summed E-state index contributed by atoms with van der Waals surface area (Å²) in [7, 11) is 0. The van der Waals surface area contributed by atoms with Gasteiger partial charge in [0.05, 0.1) is 0 Å². The van der Waals surface area contributed by atoms with Crippen LogP contribution in [0.2, 0.25) is 0 Å². The maximum atomic E-state index is 14.7. The van der Waals surface area contributed by atoms with E-state index in [0.29, 0.717) is 17.5 Å². The average Bonchev–Trinajstić information content (AvgIpc) is 4.03. The third kappa shape index (κ3) is 12.1. The number of fused-ring (bicyclic) bond motifs is 1. The fourth-order valence-corrected chi connectivity index (χ4v) is 8.62. The van der Waals surface area contributed by atoms with Crippen LogP contribution in [0.25, 0.3) is 10.9 Å². The summed E-state index contributed by atoms with van der Waals surface area (Å²) in [6, 6.07) is 14.0. The Bertz CT molecular complexity index is 2230. The van der Waals surface area contributed by atoms with Crippen LogP contribution in [-0.2, 0) is 44.9 Å². The lowest BCUT2D eigenvalue weighted by atomic mass is 9.89. The molecule has 3 atom stereocenters. The molecule has 0 aliphatic heterocycles. The summed E-state index contributed by atoms with van der Waals surface area (Å²) in [4.78, 5) is 75.9. The van der Waals surface area contributed by atoms with Crippen molar-refractivity contribution in [2.45, 2.75) is 146 Å². The summed E-state index contributed by atoms with van der Waals surface area (Å²) >= 11 is 0. The smallest absolute Gasteiger partial charge is 0.408 e. The molecule has 2 fully saturated rings. The molecule has 2 aliphatic rings. The molecule has 14 nitrogen and oxygen atoms in total. The Balaban J connectivity index is 1.15. The minimum Gasteiger partial charge on any atom is -0.444 e. The van der Waals surface area contributed by atoms with Gasteiger partial charge in [0.1, 0.15) is 35.4 Å². The monoisotopic (exact) mass is 831 g/mol. The lowest BCUT2D eigenvalue weighted by Gasteiger charge is -2.26. The fraction of sp³-hybridized carbons (Fsp3) is 0.489. The van der Waals surface area contributed by atoms with Crippen LogP contribution in [0, 0.1) is 0 Å². The molecule has 0 saturated heterocycles. The Morgan fingerprint density at radius 1 is 0.672 bits per heavy atom. The number of ether oxygens (including phenoxy) is 1. The molecule has 2 aliphatic carbocycles. The number of hydrogen-bond donors (Lipinski definition) is 7. The second-order valence-electron chi connectivity index (χ2n) is 17.8. The van der Waals surface area contributed by atoms with Crippen molar-refractivity contribution in [2.24, 2.45) is 0 Å². The van der Waals surface area contributed by atoms with Crippen molar-refractivity contribution in [3.05, 3.63) is 107 Å². The zero-order valence-corrected chi connectivity index (χ0v) is 35.7. The summed E-state index contributed by atoms with van der Waals surface area (Å²) in [6.07, 6.45) is 16.1. The van der Waals surface area contributed by atoms with Crippen molar-refractivity contribution < 1.29 is 23.9 Å². The number of carbonyl (C=O) groups excluding carboxylic acids is 4. The molecule has 7 N–H and O–H groups in total. The van der Waals surface area contributed by atoms with Gasteiger partial charge < -0.3 is 41.0 Å². The molecule has 14 heteroatoms. The van der Waals surface area contributed by atoms with E-state index < -0.39 is 41.6 Å². The van der Waals surface area contributed by atoms with E-state index in [1.165, 1.54) is 12.8 Å². The van der Waals surface area contributed by atoms with E-state index in [-0.39, 0.29) is 31.7 Å². The first-order valence-corrected chi connectivity index (χ1v) is 22.0. The maximum absolute atomic E-state index is 14.7. The highest BCUT2D eigenvalue weighted by atomic mass is 16.6. The minimum atomic E-state index is -1.14. The molecule has 0 radical (unpaired) electrons. The van der Waals surface area contributed by atoms with Crippen LogP contribution in [0.3, 0.4) is 0 Å². The van der Waals surface area contributed by atoms with Gasteiger partial charge in [-0.1, -0.05) is 87.1 Å². The Hall–Kier alpha value is -5.92. The SMILES string of the molecule is CC(C)(C)OC(=O)N[C@@H](Cc1cnc(C2CCCCC2)[nH]1)C(=O)N[C@@H](Cc1c[nH]c2ccccc12)C(=O)N[C@@H](Cc1cnc(C2CCCCC2)[nH]1)C(=O)NCc1ccccc1. The summed E-state index contributed by atoms with van der Waals surface area (Å²) in [5.74, 6) is 0.916. The van der Waals surface area contributed by atoms with Crippen LogP contribution in [0.4, 0.5) is 4.79 Å². The molecule has 2 aromatic carbocycles. The van der Waals surface area contributed by atoms with Gasteiger partial charge in [-0.15, -0.1) is 0 Å². The lowest BCUT2D eigenvalue weighted by Crippen LogP contribution is -2.58. The molecule has 7 rings (SSSR count). The highest BCUT2D eigenvalue weighted by Crippen LogP contribution is 2.32. The number of H-pyrrole nitrogens is 3. The van der Waals surface area contributed by atoms with E-state index in [1.807, 2.05) is 60.8 Å². The number of nitrogens with one attached hydrogen (secondary N) is 7. The fourth-order valence-electron chi connectivity index (χ4n) is 8.62. The van der Waals surface area contributed by atoms with Crippen LogP contribution in [-0.4, -0.2) is 72.5 Å². The molecule has 0 bridgehead atoms. The Morgan fingerprint density at radius 2 is 1.20 bits per heavy atom. The number of carbonyl (C=O) groups is 4. The first-order valence-electron chi connectivity index (χ1n) is 22.0. The summed E-state index contributed by atoms with van der Waals surface area (Å²) in [5.41, 5.74) is 3.19. The van der Waals surface area contributed by atoms with Gasteiger partial charge in [-0.2, -0.15) is 0 Å². The van der Waals surface area contributed by atoms with Crippen molar-refractivity contribution in [1.29, 1.82) is 0 Å². The normalized spacial score (nSPS) is 16.6. The molecule has 324 valence electrons. The summed E-state index contributed by atoms with van der Waals surface area (Å²) < 4.78 is 5.58. The van der Waals surface area contributed by atoms with E-state index in [0.717, 1.165) is 90.7 Å². The molecule has 3 heterocycles. The van der Waals surface area contributed by atoms with Gasteiger partial charge >= 0.3 is 6.09 Å². The van der Waals surface area contributed by atoms with E-state index in [4.69, 9.17) is 9.72 Å². The van der Waals surface area contributed by atoms with Crippen LogP contribution in [0.5, 0.6) is 0 Å². The second kappa shape index (κ2) is 20.1. The number of aromatic nitrogens is 5. The highest BCUT2D eigenvalue weighted by molar-refractivity contribution is 5.95. The minimum absolute atomic E-state index is 0.0832. The first-order chi connectivity index (χ1) is 29.5. The molecular weight excluding hydrogens is 771 g/mol. The van der Waals surface area contributed by atoms with Crippen molar-refractivity contribution in [3.63, 3.8) is 0 Å². The number of amides is 4. The number of alkyl carbamates (subject to hydrolysis) is 1. The maximum Gasteiger partial charge on any atom is 0.408 e. The van der Waals surface area contributed by atoms with Gasteiger partial charge in [0.2, 0.25) is 17.7 Å². The largest absolute Gasteiger partial charge is 0.444 e. The molecule has 61 heavy (non-hydrogen) atoms.